The van der Waals surface area contributed by atoms with Gasteiger partial charge in [0.15, 0.2) is 0 Å². The van der Waals surface area contributed by atoms with Crippen LogP contribution in [0.15, 0.2) is 54.6 Å². The lowest BCUT2D eigenvalue weighted by atomic mass is 9.70. The molecule has 172 valence electrons. The van der Waals surface area contributed by atoms with Crippen LogP contribution in [0.25, 0.3) is 0 Å². The van der Waals surface area contributed by atoms with Crippen LogP contribution in [0.1, 0.15) is 12.8 Å². The lowest BCUT2D eigenvalue weighted by Gasteiger charge is -2.34. The van der Waals surface area contributed by atoms with Crippen LogP contribution in [-0.4, -0.2) is 56.9 Å². The van der Waals surface area contributed by atoms with Gasteiger partial charge in [-0.2, -0.15) is 0 Å². The number of rotatable bonds is 6. The Kier molecular flexibility index (Phi) is 5.84. The van der Waals surface area contributed by atoms with Crippen LogP contribution in [0.4, 0.5) is 11.4 Å². The number of aliphatic hydroxyl groups excluding tert-OH is 1. The van der Waals surface area contributed by atoms with Gasteiger partial charge in [-0.3, -0.25) is 14.4 Å². The number of halogens is 1. The van der Waals surface area contributed by atoms with Gasteiger partial charge >= 0.3 is 0 Å². The minimum atomic E-state index is -0.789. The second kappa shape index (κ2) is 8.66. The van der Waals surface area contributed by atoms with E-state index in [-0.39, 0.29) is 36.1 Å². The van der Waals surface area contributed by atoms with Crippen LogP contribution in [0.3, 0.4) is 0 Å². The zero-order valence-electron chi connectivity index (χ0n) is 17.7. The van der Waals surface area contributed by atoms with E-state index in [0.717, 1.165) is 6.42 Å². The number of hydrogen-bond acceptors (Lipinski definition) is 5. The van der Waals surface area contributed by atoms with E-state index in [2.05, 4.69) is 10.6 Å². The summed E-state index contributed by atoms with van der Waals surface area (Å²) in [6.07, 6.45) is 1.42. The first kappa shape index (κ1) is 22.3. The monoisotopic (exact) mass is 485 g/mol. The summed E-state index contributed by atoms with van der Waals surface area (Å²) in [7, 11) is 0. The van der Waals surface area contributed by atoms with Gasteiger partial charge in [0.25, 0.3) is 0 Å². The van der Waals surface area contributed by atoms with Gasteiger partial charge < -0.3 is 20.6 Å². The molecule has 9 heteroatoms. The number of likely N-dealkylation sites (tertiary alicyclic amines) is 1. The first-order valence-electron chi connectivity index (χ1n) is 11.0. The van der Waals surface area contributed by atoms with Gasteiger partial charge in [0.2, 0.25) is 17.7 Å². The predicted molar refractivity (Wildman–Crippen MR) is 128 cm³/mol. The second-order valence-corrected chi connectivity index (χ2v) is 10.6. The Balaban J connectivity index is 1.46. The van der Waals surface area contributed by atoms with E-state index in [9.17, 15) is 19.5 Å². The minimum absolute atomic E-state index is 0.0328. The number of para-hydroxylation sites is 2. The van der Waals surface area contributed by atoms with Gasteiger partial charge in [-0.1, -0.05) is 41.9 Å². The molecule has 0 saturated carbocycles. The van der Waals surface area contributed by atoms with Crippen molar-refractivity contribution in [2.24, 2.45) is 11.8 Å². The Morgan fingerprint density at radius 1 is 1.09 bits per heavy atom. The molecule has 1 spiro atoms. The van der Waals surface area contributed by atoms with Crippen molar-refractivity contribution in [3.05, 3.63) is 59.6 Å². The fourth-order valence-electron chi connectivity index (χ4n) is 5.61. The van der Waals surface area contributed by atoms with Gasteiger partial charge in [-0.05, 0) is 37.1 Å². The first-order chi connectivity index (χ1) is 16.0. The number of carbonyl (C=O) groups is 3. The van der Waals surface area contributed by atoms with Crippen molar-refractivity contribution in [2.45, 2.75) is 28.9 Å². The van der Waals surface area contributed by atoms with Crippen LogP contribution in [0.2, 0.25) is 5.02 Å². The lowest BCUT2D eigenvalue weighted by Crippen LogP contribution is -2.52. The number of anilines is 2. The molecule has 0 radical (unpaired) electrons. The Bertz CT molecular complexity index is 1100. The van der Waals surface area contributed by atoms with Gasteiger partial charge in [0.05, 0.1) is 33.9 Å². The maximum atomic E-state index is 13.6. The number of β-amino-alcohol motifs (C(OH)–C–C–N with tert-alkyl or cyclic N) is 1. The van der Waals surface area contributed by atoms with Gasteiger partial charge in [0.1, 0.15) is 6.04 Å². The molecule has 2 aromatic carbocycles. The van der Waals surface area contributed by atoms with Crippen molar-refractivity contribution in [1.29, 1.82) is 0 Å². The fourth-order valence-corrected chi connectivity index (χ4v) is 8.02. The molecular weight excluding hydrogens is 462 g/mol. The smallest absolute Gasteiger partial charge is 0.248 e. The van der Waals surface area contributed by atoms with Crippen LogP contribution < -0.4 is 10.6 Å². The average Bonchev–Trinajstić information content (AvgIpc) is 3.44. The number of hydrogen-bond donors (Lipinski definition) is 3. The Morgan fingerprint density at radius 3 is 2.55 bits per heavy atom. The zero-order valence-corrected chi connectivity index (χ0v) is 19.3. The number of aliphatic hydroxyl groups is 1. The Morgan fingerprint density at radius 2 is 1.82 bits per heavy atom. The summed E-state index contributed by atoms with van der Waals surface area (Å²) in [6, 6.07) is 15.3. The topological polar surface area (TPSA) is 98.7 Å². The number of benzene rings is 2. The van der Waals surface area contributed by atoms with Crippen LogP contribution in [-0.2, 0) is 14.4 Å². The molecule has 3 aliphatic heterocycles. The van der Waals surface area contributed by atoms with E-state index in [1.165, 1.54) is 4.90 Å². The van der Waals surface area contributed by atoms with Crippen LogP contribution >= 0.6 is 23.4 Å². The number of nitrogens with zero attached hydrogens (tertiary/aromatic N) is 1. The highest BCUT2D eigenvalue weighted by atomic mass is 35.5. The van der Waals surface area contributed by atoms with Crippen molar-refractivity contribution < 1.29 is 19.5 Å². The summed E-state index contributed by atoms with van der Waals surface area (Å²) >= 11 is 7.82. The number of nitrogens with one attached hydrogen (secondary N) is 2. The molecule has 2 bridgehead atoms. The summed E-state index contributed by atoms with van der Waals surface area (Å²) in [5, 5.41) is 15.8. The predicted octanol–water partition coefficient (Wildman–Crippen LogP) is 3.00. The third-order valence-corrected chi connectivity index (χ3v) is 9.15. The molecule has 3 amide bonds. The number of carbonyl (C=O) groups excluding carboxylic acids is 3. The maximum Gasteiger partial charge on any atom is 0.248 e. The van der Waals surface area contributed by atoms with Crippen molar-refractivity contribution in [1.82, 2.24) is 4.90 Å². The molecule has 3 saturated heterocycles. The minimum Gasteiger partial charge on any atom is -0.395 e. The second-order valence-electron chi connectivity index (χ2n) is 8.64. The molecule has 5 atom stereocenters. The lowest BCUT2D eigenvalue weighted by molar-refractivity contribution is -0.138. The highest BCUT2D eigenvalue weighted by Gasteiger charge is 2.73. The summed E-state index contributed by atoms with van der Waals surface area (Å²) in [6.45, 7) is -0.227. The SMILES string of the molecule is O=C(Nc1ccccc1Cl)C1N(CCO)C(=O)[C@@H]2[C@H](C(=O)Nc3ccccc3)[C@@H]3CCC12S3. The van der Waals surface area contributed by atoms with E-state index in [1.54, 1.807) is 36.0 Å². The molecule has 3 heterocycles. The van der Waals surface area contributed by atoms with Crippen molar-refractivity contribution in [3.8, 4) is 0 Å². The Hall–Kier alpha value is -2.55. The van der Waals surface area contributed by atoms with E-state index in [1.807, 2.05) is 30.3 Å². The zero-order chi connectivity index (χ0) is 23.2. The molecule has 2 aromatic rings. The molecule has 3 aliphatic rings. The Labute approximate surface area is 200 Å². The van der Waals surface area contributed by atoms with Gasteiger partial charge in [0, 0.05) is 17.5 Å². The largest absolute Gasteiger partial charge is 0.395 e. The van der Waals surface area contributed by atoms with Gasteiger partial charge in [-0.25, -0.2) is 0 Å². The van der Waals surface area contributed by atoms with Crippen molar-refractivity contribution >= 4 is 52.5 Å². The molecule has 2 unspecified atom stereocenters. The number of amides is 3. The molecular formula is C24H24ClN3O4S. The van der Waals surface area contributed by atoms with E-state index in [4.69, 9.17) is 11.6 Å². The summed E-state index contributed by atoms with van der Waals surface area (Å²) in [5.41, 5.74) is 1.14. The number of thioether (sulfide) groups is 1. The van der Waals surface area contributed by atoms with E-state index >= 15 is 0 Å². The third-order valence-electron chi connectivity index (χ3n) is 6.87. The summed E-state index contributed by atoms with van der Waals surface area (Å²) in [4.78, 5) is 41.9. The molecule has 33 heavy (non-hydrogen) atoms. The standard InChI is InChI=1S/C24H24ClN3O4S/c25-15-8-4-5-9-16(15)27-22(31)20-24-11-10-17(33-24)18(19(24)23(32)28(20)12-13-29)21(30)26-14-6-2-1-3-7-14/h1-9,17-20,29H,10-13H2,(H,26,30)(H,27,31)/t17-,18+,19-,20?,24?/m0/s1. The van der Waals surface area contributed by atoms with Crippen molar-refractivity contribution in [3.63, 3.8) is 0 Å². The normalized spacial score (nSPS) is 29.8. The molecule has 5 rings (SSSR count). The highest BCUT2D eigenvalue weighted by molar-refractivity contribution is 8.02. The highest BCUT2D eigenvalue weighted by Crippen LogP contribution is 2.66. The van der Waals surface area contributed by atoms with Gasteiger partial charge in [-0.15, -0.1) is 11.8 Å². The van der Waals surface area contributed by atoms with Crippen LogP contribution in [0, 0.1) is 11.8 Å². The molecule has 0 aromatic heterocycles. The number of fused-ring (bicyclic) bond motifs is 1. The van der Waals surface area contributed by atoms with E-state index in [0.29, 0.717) is 22.8 Å². The van der Waals surface area contributed by atoms with E-state index < -0.39 is 22.6 Å². The summed E-state index contributed by atoms with van der Waals surface area (Å²) in [5.74, 6) is -1.93. The third kappa shape index (κ3) is 3.61. The maximum absolute atomic E-state index is 13.6. The van der Waals surface area contributed by atoms with Crippen molar-refractivity contribution in [2.75, 3.05) is 23.8 Å². The molecule has 0 aliphatic carbocycles. The first-order valence-corrected chi connectivity index (χ1v) is 12.2. The fraction of sp³-hybridized carbons (Fsp3) is 0.375. The molecule has 3 fully saturated rings. The van der Waals surface area contributed by atoms with Crippen LogP contribution in [0.5, 0.6) is 0 Å². The molecule has 3 N–H and O–H groups in total. The average molecular weight is 486 g/mol. The molecule has 7 nitrogen and oxygen atoms in total. The quantitative estimate of drug-likeness (QED) is 0.584. The summed E-state index contributed by atoms with van der Waals surface area (Å²) < 4.78 is -0.707.